The van der Waals surface area contributed by atoms with Crippen LogP contribution in [0.1, 0.15) is 47.0 Å². The summed E-state index contributed by atoms with van der Waals surface area (Å²) in [5, 5.41) is 13.0. The van der Waals surface area contributed by atoms with Crippen LogP contribution in [0.2, 0.25) is 0 Å². The summed E-state index contributed by atoms with van der Waals surface area (Å²) in [5.74, 6) is -0.252. The Bertz CT molecular complexity index is 830. The first-order chi connectivity index (χ1) is 13.6. The summed E-state index contributed by atoms with van der Waals surface area (Å²) in [6.45, 7) is 7.93. The van der Waals surface area contributed by atoms with E-state index in [9.17, 15) is 13.2 Å². The van der Waals surface area contributed by atoms with Gasteiger partial charge in [0.25, 0.3) is 5.91 Å². The van der Waals surface area contributed by atoms with Gasteiger partial charge in [-0.15, -0.1) is 0 Å². The van der Waals surface area contributed by atoms with Gasteiger partial charge < -0.3 is 9.57 Å². The van der Waals surface area contributed by atoms with E-state index >= 15 is 0 Å². The molecule has 1 aromatic rings. The first kappa shape index (κ1) is 23.1. The van der Waals surface area contributed by atoms with Crippen molar-refractivity contribution < 1.29 is 28.0 Å². The van der Waals surface area contributed by atoms with Crippen molar-refractivity contribution in [2.24, 2.45) is 5.16 Å². The molecule has 0 unspecified atom stereocenters. The molecule has 2 N–H and O–H groups in total. The summed E-state index contributed by atoms with van der Waals surface area (Å²) in [6, 6.07) is 4.92. The molecule has 10 heteroatoms. The molecule has 0 aliphatic carbocycles. The van der Waals surface area contributed by atoms with Crippen molar-refractivity contribution >= 4 is 21.6 Å². The summed E-state index contributed by atoms with van der Waals surface area (Å²) in [6.07, 6.45) is 1.93. The number of amides is 1. The van der Waals surface area contributed by atoms with Crippen LogP contribution in [0.25, 0.3) is 0 Å². The highest BCUT2D eigenvalue weighted by atomic mass is 32.2. The van der Waals surface area contributed by atoms with Gasteiger partial charge in [0.15, 0.2) is 0 Å². The first-order valence-electron chi connectivity index (χ1n) is 9.51. The van der Waals surface area contributed by atoms with Gasteiger partial charge >= 0.3 is 0 Å². The van der Waals surface area contributed by atoms with Gasteiger partial charge in [-0.25, -0.2) is 13.9 Å². The van der Waals surface area contributed by atoms with Gasteiger partial charge in [0.05, 0.1) is 23.8 Å². The zero-order chi connectivity index (χ0) is 21.7. The highest BCUT2D eigenvalue weighted by Gasteiger charge is 2.43. The SMILES string of the molecule is CCCCOc1ccc(S(=O)(=O)N2C/C(=N\OC(C)(C)C)C[C@H]2C(=O)NO)cc1. The second-order valence-electron chi connectivity index (χ2n) is 7.78. The normalized spacial score (nSPS) is 19.3. The average Bonchev–Trinajstić information content (AvgIpc) is 3.11. The number of unbranched alkanes of at least 4 members (excludes halogenated alkanes) is 1. The summed E-state index contributed by atoms with van der Waals surface area (Å²) in [7, 11) is -4.00. The highest BCUT2D eigenvalue weighted by Crippen LogP contribution is 2.27. The second-order valence-corrected chi connectivity index (χ2v) is 9.67. The largest absolute Gasteiger partial charge is 0.494 e. The van der Waals surface area contributed by atoms with Gasteiger partial charge in [-0.2, -0.15) is 4.31 Å². The quantitative estimate of drug-likeness (QED) is 0.373. The van der Waals surface area contributed by atoms with Gasteiger partial charge in [0.2, 0.25) is 10.0 Å². The smallest absolute Gasteiger partial charge is 0.262 e. The Morgan fingerprint density at radius 1 is 1.31 bits per heavy atom. The van der Waals surface area contributed by atoms with Crippen LogP contribution < -0.4 is 10.2 Å². The lowest BCUT2D eigenvalue weighted by atomic mass is 10.2. The second kappa shape index (κ2) is 9.55. The maximum atomic E-state index is 13.1. The Kier molecular flexibility index (Phi) is 7.61. The summed E-state index contributed by atoms with van der Waals surface area (Å²) in [5.41, 5.74) is 1.38. The Balaban J connectivity index is 2.24. The molecule has 1 saturated heterocycles. The van der Waals surface area contributed by atoms with Crippen LogP contribution in [0.15, 0.2) is 34.3 Å². The van der Waals surface area contributed by atoms with Gasteiger partial charge in [0.1, 0.15) is 17.4 Å². The molecule has 0 radical (unpaired) electrons. The van der Waals surface area contributed by atoms with E-state index in [-0.39, 0.29) is 17.9 Å². The molecule has 1 fully saturated rings. The molecule has 1 aliphatic rings. The standard InChI is InChI=1S/C19H29N3O6S/c1-5-6-11-27-15-7-9-16(10-8-15)29(25,26)22-13-14(21-28-19(2,3)4)12-17(22)18(23)20-24/h7-10,17,24H,5-6,11-13H2,1-4H3,(H,20,23)/b21-14-/t17-/m0/s1. The third kappa shape index (κ3) is 6.15. The van der Waals surface area contributed by atoms with Crippen molar-refractivity contribution in [3.05, 3.63) is 24.3 Å². The fourth-order valence-corrected chi connectivity index (χ4v) is 4.25. The van der Waals surface area contributed by atoms with Gasteiger partial charge in [0, 0.05) is 6.42 Å². The third-order valence-electron chi connectivity index (χ3n) is 4.17. The lowest BCUT2D eigenvalue weighted by molar-refractivity contribution is -0.132. The minimum atomic E-state index is -4.00. The van der Waals surface area contributed by atoms with Crippen molar-refractivity contribution in [3.8, 4) is 5.75 Å². The molecule has 9 nitrogen and oxygen atoms in total. The molecule has 1 atom stereocenters. The van der Waals surface area contributed by atoms with E-state index in [1.165, 1.54) is 17.6 Å². The number of hydrogen-bond donors (Lipinski definition) is 2. The van der Waals surface area contributed by atoms with Gasteiger partial charge in [-0.05, 0) is 51.5 Å². The summed E-state index contributed by atoms with van der Waals surface area (Å²) < 4.78 is 32.8. The number of ether oxygens (including phenoxy) is 1. The van der Waals surface area contributed by atoms with Crippen molar-refractivity contribution in [1.29, 1.82) is 0 Å². The minimum Gasteiger partial charge on any atom is -0.494 e. The van der Waals surface area contributed by atoms with E-state index in [2.05, 4.69) is 12.1 Å². The van der Waals surface area contributed by atoms with Crippen LogP contribution in [0, 0.1) is 0 Å². The zero-order valence-corrected chi connectivity index (χ0v) is 18.0. The first-order valence-corrected chi connectivity index (χ1v) is 10.9. The minimum absolute atomic E-state index is 0.0223. The maximum absolute atomic E-state index is 13.1. The van der Waals surface area contributed by atoms with Crippen LogP contribution in [0.4, 0.5) is 0 Å². The molecular weight excluding hydrogens is 398 g/mol. The fourth-order valence-electron chi connectivity index (χ4n) is 2.68. The average molecular weight is 428 g/mol. The predicted molar refractivity (Wildman–Crippen MR) is 107 cm³/mol. The fraction of sp³-hybridized carbons (Fsp3) is 0.579. The van der Waals surface area contributed by atoms with E-state index in [0.29, 0.717) is 18.1 Å². The Hall–Kier alpha value is -2.17. The number of oxime groups is 1. The molecule has 2 rings (SSSR count). The van der Waals surface area contributed by atoms with Crippen LogP contribution in [0.3, 0.4) is 0 Å². The number of hydrogen-bond acceptors (Lipinski definition) is 7. The van der Waals surface area contributed by atoms with E-state index in [0.717, 1.165) is 17.1 Å². The van der Waals surface area contributed by atoms with Crippen LogP contribution in [-0.4, -0.2) is 54.3 Å². The molecule has 0 bridgehead atoms. The maximum Gasteiger partial charge on any atom is 0.262 e. The molecule has 1 aliphatic heterocycles. The molecule has 1 heterocycles. The Morgan fingerprint density at radius 3 is 2.52 bits per heavy atom. The molecule has 1 aromatic carbocycles. The zero-order valence-electron chi connectivity index (χ0n) is 17.2. The molecular formula is C19H29N3O6S. The van der Waals surface area contributed by atoms with E-state index < -0.39 is 27.6 Å². The Labute approximate surface area is 171 Å². The highest BCUT2D eigenvalue weighted by molar-refractivity contribution is 7.89. The summed E-state index contributed by atoms with van der Waals surface area (Å²) in [4.78, 5) is 17.4. The monoisotopic (exact) mass is 427 g/mol. The molecule has 29 heavy (non-hydrogen) atoms. The van der Waals surface area contributed by atoms with Crippen molar-refractivity contribution in [3.63, 3.8) is 0 Å². The van der Waals surface area contributed by atoms with Gasteiger partial charge in [-0.3, -0.25) is 10.0 Å². The molecule has 1 amide bonds. The van der Waals surface area contributed by atoms with E-state index in [4.69, 9.17) is 14.8 Å². The third-order valence-corrected chi connectivity index (χ3v) is 6.04. The van der Waals surface area contributed by atoms with Crippen LogP contribution >= 0.6 is 0 Å². The Morgan fingerprint density at radius 2 is 1.97 bits per heavy atom. The molecule has 0 aromatic heterocycles. The van der Waals surface area contributed by atoms with Crippen molar-refractivity contribution in [2.75, 3.05) is 13.2 Å². The van der Waals surface area contributed by atoms with Gasteiger partial charge in [-0.1, -0.05) is 18.5 Å². The van der Waals surface area contributed by atoms with Crippen LogP contribution in [0.5, 0.6) is 5.75 Å². The lowest BCUT2D eigenvalue weighted by Gasteiger charge is -2.21. The number of carbonyl (C=O) groups excluding carboxylic acids is 1. The number of benzene rings is 1. The number of sulfonamides is 1. The lowest BCUT2D eigenvalue weighted by Crippen LogP contribution is -2.45. The predicted octanol–water partition coefficient (Wildman–Crippen LogP) is 2.30. The number of carbonyl (C=O) groups is 1. The number of nitrogens with one attached hydrogen (secondary N) is 1. The number of nitrogens with zero attached hydrogens (tertiary/aromatic N) is 2. The topological polar surface area (TPSA) is 118 Å². The van der Waals surface area contributed by atoms with Crippen molar-refractivity contribution in [1.82, 2.24) is 9.79 Å². The van der Waals surface area contributed by atoms with E-state index in [1.54, 1.807) is 12.1 Å². The summed E-state index contributed by atoms with van der Waals surface area (Å²) >= 11 is 0. The molecule has 162 valence electrons. The molecule has 0 saturated carbocycles. The van der Waals surface area contributed by atoms with Crippen LogP contribution in [-0.2, 0) is 19.7 Å². The number of rotatable bonds is 8. The molecule has 0 spiro atoms. The van der Waals surface area contributed by atoms with Crippen molar-refractivity contribution in [2.45, 2.75) is 63.5 Å². The van der Waals surface area contributed by atoms with E-state index in [1.807, 2.05) is 20.8 Å². The number of hydroxylamine groups is 1.